The highest BCUT2D eigenvalue weighted by Crippen LogP contribution is 2.12. The molecule has 0 aliphatic carbocycles. The molecule has 1 aromatic rings. The lowest BCUT2D eigenvalue weighted by Crippen LogP contribution is -2.31. The molecule has 0 saturated heterocycles. The van der Waals surface area contributed by atoms with Crippen LogP contribution in [0.2, 0.25) is 5.02 Å². The Morgan fingerprint density at radius 2 is 2.50 bits per heavy atom. The van der Waals surface area contributed by atoms with Gasteiger partial charge >= 0.3 is 0 Å². The largest absolute Gasteiger partial charge is 0.383 e. The molecule has 1 amide bonds. The lowest BCUT2D eigenvalue weighted by atomic mass is 10.2. The Balaban J connectivity index is 2.50. The third kappa shape index (κ3) is 4.08. The van der Waals surface area contributed by atoms with E-state index in [1.165, 1.54) is 12.4 Å². The van der Waals surface area contributed by atoms with Crippen LogP contribution in [0.4, 0.5) is 0 Å². The summed E-state index contributed by atoms with van der Waals surface area (Å²) in [6.45, 7) is 1.01. The minimum Gasteiger partial charge on any atom is -0.383 e. The maximum Gasteiger partial charge on any atom is 0.252 e. The normalized spacial score (nSPS) is 12.2. The van der Waals surface area contributed by atoms with Gasteiger partial charge in [0.05, 0.1) is 22.0 Å². The number of carbonyl (C=O) groups excluding carboxylic acids is 1. The highest BCUT2D eigenvalue weighted by atomic mass is 79.9. The van der Waals surface area contributed by atoms with E-state index in [1.807, 2.05) is 0 Å². The zero-order chi connectivity index (χ0) is 12.0. The number of pyridine rings is 1. The Morgan fingerprint density at radius 1 is 1.75 bits per heavy atom. The van der Waals surface area contributed by atoms with Crippen molar-refractivity contribution in [2.45, 2.75) is 4.83 Å². The Kier molecular flexibility index (Phi) is 5.73. The predicted octanol–water partition coefficient (Wildman–Crippen LogP) is 1.87. The summed E-state index contributed by atoms with van der Waals surface area (Å²) in [4.78, 5) is 15.6. The number of amides is 1. The number of hydrogen-bond donors (Lipinski definition) is 1. The Hall–Kier alpha value is -0.650. The van der Waals surface area contributed by atoms with Crippen molar-refractivity contribution >= 4 is 33.4 Å². The number of aromatic nitrogens is 1. The average molecular weight is 308 g/mol. The molecule has 0 aromatic carbocycles. The van der Waals surface area contributed by atoms with E-state index in [0.717, 1.165) is 0 Å². The smallest absolute Gasteiger partial charge is 0.252 e. The van der Waals surface area contributed by atoms with Crippen LogP contribution in [0.1, 0.15) is 10.4 Å². The molecule has 16 heavy (non-hydrogen) atoms. The van der Waals surface area contributed by atoms with Crippen LogP contribution in [0.25, 0.3) is 0 Å². The summed E-state index contributed by atoms with van der Waals surface area (Å²) in [5, 5.41) is 3.09. The summed E-state index contributed by atoms with van der Waals surface area (Å²) >= 11 is 9.21. The second-order valence-electron chi connectivity index (χ2n) is 3.12. The van der Waals surface area contributed by atoms with Gasteiger partial charge in [-0.1, -0.05) is 27.5 Å². The van der Waals surface area contributed by atoms with Gasteiger partial charge in [0.1, 0.15) is 0 Å². The van der Waals surface area contributed by atoms with Gasteiger partial charge in [0.2, 0.25) is 0 Å². The molecule has 0 bridgehead atoms. The molecule has 0 spiro atoms. The van der Waals surface area contributed by atoms with Crippen molar-refractivity contribution in [3.8, 4) is 0 Å². The molecule has 6 heteroatoms. The van der Waals surface area contributed by atoms with Gasteiger partial charge in [-0.05, 0) is 6.07 Å². The summed E-state index contributed by atoms with van der Waals surface area (Å²) in [6.07, 6.45) is 2.97. The highest BCUT2D eigenvalue weighted by Gasteiger charge is 2.11. The summed E-state index contributed by atoms with van der Waals surface area (Å²) in [5.74, 6) is -0.215. The van der Waals surface area contributed by atoms with Gasteiger partial charge in [0.15, 0.2) is 0 Å². The number of alkyl halides is 1. The van der Waals surface area contributed by atoms with E-state index in [0.29, 0.717) is 23.7 Å². The summed E-state index contributed by atoms with van der Waals surface area (Å²) in [6, 6.07) is 1.58. The maximum absolute atomic E-state index is 11.7. The fourth-order valence-corrected chi connectivity index (χ4v) is 1.73. The Bertz CT molecular complexity index is 362. The van der Waals surface area contributed by atoms with Gasteiger partial charge in [0, 0.05) is 26.0 Å². The van der Waals surface area contributed by atoms with Gasteiger partial charge in [0.25, 0.3) is 5.91 Å². The second kappa shape index (κ2) is 6.83. The minimum absolute atomic E-state index is 0.0852. The van der Waals surface area contributed by atoms with Crippen LogP contribution in [0.3, 0.4) is 0 Å². The highest BCUT2D eigenvalue weighted by molar-refractivity contribution is 9.09. The number of halogens is 2. The number of ether oxygens (including phenoxy) is 1. The summed E-state index contributed by atoms with van der Waals surface area (Å²) in [5.41, 5.74) is 0.425. The van der Waals surface area contributed by atoms with E-state index in [-0.39, 0.29) is 10.7 Å². The third-order valence-electron chi connectivity index (χ3n) is 1.85. The van der Waals surface area contributed by atoms with Crippen LogP contribution in [0.5, 0.6) is 0 Å². The molecule has 1 rings (SSSR count). The van der Waals surface area contributed by atoms with Crippen LogP contribution in [-0.2, 0) is 4.74 Å². The number of nitrogens with zero attached hydrogens (tertiary/aromatic N) is 1. The lowest BCUT2D eigenvalue weighted by Gasteiger charge is -2.10. The zero-order valence-corrected chi connectivity index (χ0v) is 11.1. The monoisotopic (exact) mass is 306 g/mol. The molecule has 4 nitrogen and oxygen atoms in total. The van der Waals surface area contributed by atoms with E-state index in [2.05, 4.69) is 26.2 Å². The number of methoxy groups -OCH3 is 1. The standard InChI is InChI=1S/C10H12BrClN2O2/c1-16-6-7(11)4-14-10(15)8-2-3-13-5-9(8)12/h2-3,5,7H,4,6H2,1H3,(H,14,15). The SMILES string of the molecule is COCC(Br)CNC(=O)c1ccncc1Cl. The second-order valence-corrected chi connectivity index (χ2v) is 4.82. The molecule has 1 aromatic heterocycles. The van der Waals surface area contributed by atoms with Crippen molar-refractivity contribution in [1.82, 2.24) is 10.3 Å². The molecule has 0 radical (unpaired) electrons. The predicted molar refractivity (Wildman–Crippen MR) is 66.2 cm³/mol. The first-order valence-electron chi connectivity index (χ1n) is 4.66. The number of carbonyl (C=O) groups is 1. The molecule has 0 fully saturated rings. The molecule has 88 valence electrons. The van der Waals surface area contributed by atoms with Crippen molar-refractivity contribution in [2.75, 3.05) is 20.3 Å². The van der Waals surface area contributed by atoms with Gasteiger partial charge < -0.3 is 10.1 Å². The number of hydrogen-bond acceptors (Lipinski definition) is 3. The molecule has 1 atom stereocenters. The summed E-state index contributed by atoms with van der Waals surface area (Å²) in [7, 11) is 1.61. The van der Waals surface area contributed by atoms with Crippen molar-refractivity contribution in [3.05, 3.63) is 29.0 Å². The fourth-order valence-electron chi connectivity index (χ4n) is 1.10. The number of rotatable bonds is 5. The van der Waals surface area contributed by atoms with Crippen LogP contribution in [0, 0.1) is 0 Å². The van der Waals surface area contributed by atoms with E-state index >= 15 is 0 Å². The lowest BCUT2D eigenvalue weighted by molar-refractivity contribution is 0.0950. The molecule has 0 saturated carbocycles. The maximum atomic E-state index is 11.7. The Morgan fingerprint density at radius 3 is 3.12 bits per heavy atom. The molecular formula is C10H12BrClN2O2. The van der Waals surface area contributed by atoms with Crippen LogP contribution >= 0.6 is 27.5 Å². The van der Waals surface area contributed by atoms with Crippen LogP contribution < -0.4 is 5.32 Å². The molecule has 0 aliphatic rings. The Labute approximate surface area is 107 Å². The van der Waals surface area contributed by atoms with Crippen molar-refractivity contribution in [2.24, 2.45) is 0 Å². The van der Waals surface area contributed by atoms with Crippen molar-refractivity contribution in [1.29, 1.82) is 0 Å². The van der Waals surface area contributed by atoms with Gasteiger partial charge in [-0.2, -0.15) is 0 Å². The first-order valence-corrected chi connectivity index (χ1v) is 5.95. The van der Waals surface area contributed by atoms with E-state index in [4.69, 9.17) is 16.3 Å². The molecule has 1 heterocycles. The third-order valence-corrected chi connectivity index (χ3v) is 2.74. The number of nitrogens with one attached hydrogen (secondary N) is 1. The van der Waals surface area contributed by atoms with E-state index < -0.39 is 0 Å². The summed E-state index contributed by atoms with van der Waals surface area (Å²) < 4.78 is 4.93. The van der Waals surface area contributed by atoms with Gasteiger partial charge in [-0.25, -0.2) is 0 Å². The quantitative estimate of drug-likeness (QED) is 0.845. The minimum atomic E-state index is -0.215. The van der Waals surface area contributed by atoms with Crippen LogP contribution in [-0.4, -0.2) is 36.0 Å². The zero-order valence-electron chi connectivity index (χ0n) is 8.74. The average Bonchev–Trinajstić information content (AvgIpc) is 2.27. The molecular weight excluding hydrogens is 295 g/mol. The molecule has 0 aliphatic heterocycles. The first-order chi connectivity index (χ1) is 7.65. The fraction of sp³-hybridized carbons (Fsp3) is 0.400. The van der Waals surface area contributed by atoms with E-state index in [9.17, 15) is 4.79 Å². The first kappa shape index (κ1) is 13.4. The van der Waals surface area contributed by atoms with Crippen molar-refractivity contribution < 1.29 is 9.53 Å². The van der Waals surface area contributed by atoms with Gasteiger partial charge in [-0.3, -0.25) is 9.78 Å². The van der Waals surface area contributed by atoms with Crippen LogP contribution in [0.15, 0.2) is 18.5 Å². The van der Waals surface area contributed by atoms with Crippen molar-refractivity contribution in [3.63, 3.8) is 0 Å². The van der Waals surface area contributed by atoms with E-state index in [1.54, 1.807) is 13.2 Å². The topological polar surface area (TPSA) is 51.2 Å². The van der Waals surface area contributed by atoms with Gasteiger partial charge in [-0.15, -0.1) is 0 Å². The molecule has 1 unspecified atom stereocenters. The molecule has 1 N–H and O–H groups in total.